The molecule has 1 heterocycles. The molecule has 1 unspecified atom stereocenters. The van der Waals surface area contributed by atoms with Crippen molar-refractivity contribution in [3.05, 3.63) is 83.3 Å². The van der Waals surface area contributed by atoms with Crippen LogP contribution >= 0.6 is 0 Å². The highest BCUT2D eigenvalue weighted by atomic mass is 19.2. The summed E-state index contributed by atoms with van der Waals surface area (Å²) in [6, 6.07) is 10.2. The van der Waals surface area contributed by atoms with Crippen LogP contribution in [0.1, 0.15) is 28.5 Å². The zero-order valence-electron chi connectivity index (χ0n) is 16.2. The van der Waals surface area contributed by atoms with E-state index in [1.165, 1.54) is 43.5 Å². The standard InChI is InChI=1S/C22H17F3N2O4/c1-31-19-9-8-17(26-21(19)12-6-7-15(24)16(25)10-12)22(30)27-18(11-20(28)29)13-4-2-3-5-14(13)23/h2-10,18H,11H2,1H3,(H,27,30)(H,28,29). The molecule has 2 N–H and O–H groups in total. The van der Waals surface area contributed by atoms with Crippen molar-refractivity contribution in [2.75, 3.05) is 7.11 Å². The van der Waals surface area contributed by atoms with Gasteiger partial charge in [0.05, 0.1) is 19.6 Å². The van der Waals surface area contributed by atoms with E-state index in [2.05, 4.69) is 10.3 Å². The van der Waals surface area contributed by atoms with Crippen LogP contribution in [-0.2, 0) is 4.79 Å². The predicted octanol–water partition coefficient (Wildman–Crippen LogP) is 4.12. The molecule has 1 amide bonds. The number of pyridine rings is 1. The summed E-state index contributed by atoms with van der Waals surface area (Å²) >= 11 is 0. The van der Waals surface area contributed by atoms with Crippen molar-refractivity contribution in [3.63, 3.8) is 0 Å². The molecule has 0 saturated heterocycles. The number of rotatable bonds is 7. The fraction of sp³-hybridized carbons (Fsp3) is 0.136. The zero-order chi connectivity index (χ0) is 22.5. The summed E-state index contributed by atoms with van der Waals surface area (Å²) in [5, 5.41) is 11.6. The first-order valence-corrected chi connectivity index (χ1v) is 9.07. The molecule has 0 saturated carbocycles. The van der Waals surface area contributed by atoms with Crippen LogP contribution in [-0.4, -0.2) is 29.1 Å². The number of carbonyl (C=O) groups is 2. The molecular weight excluding hydrogens is 413 g/mol. The Morgan fingerprint density at radius 1 is 1.03 bits per heavy atom. The number of amides is 1. The molecule has 0 spiro atoms. The van der Waals surface area contributed by atoms with Gasteiger partial charge in [0.2, 0.25) is 0 Å². The van der Waals surface area contributed by atoms with Gasteiger partial charge in [0.15, 0.2) is 11.6 Å². The highest BCUT2D eigenvalue weighted by Crippen LogP contribution is 2.29. The van der Waals surface area contributed by atoms with Gasteiger partial charge in [-0.25, -0.2) is 18.2 Å². The number of halogens is 3. The molecular formula is C22H17F3N2O4. The van der Waals surface area contributed by atoms with Crippen LogP contribution < -0.4 is 10.1 Å². The predicted molar refractivity (Wildman–Crippen MR) is 105 cm³/mol. The molecule has 0 aliphatic carbocycles. The van der Waals surface area contributed by atoms with Gasteiger partial charge in [-0.3, -0.25) is 9.59 Å². The molecule has 3 aromatic rings. The van der Waals surface area contributed by atoms with E-state index in [4.69, 9.17) is 9.84 Å². The number of nitrogens with zero attached hydrogens (tertiary/aromatic N) is 1. The van der Waals surface area contributed by atoms with Gasteiger partial charge in [0.25, 0.3) is 5.91 Å². The van der Waals surface area contributed by atoms with Gasteiger partial charge in [-0.15, -0.1) is 0 Å². The highest BCUT2D eigenvalue weighted by Gasteiger charge is 2.23. The van der Waals surface area contributed by atoms with Crippen molar-refractivity contribution < 1.29 is 32.6 Å². The van der Waals surface area contributed by atoms with Crippen LogP contribution in [0, 0.1) is 17.5 Å². The first-order valence-electron chi connectivity index (χ1n) is 9.07. The van der Waals surface area contributed by atoms with E-state index in [0.717, 1.165) is 18.2 Å². The van der Waals surface area contributed by atoms with E-state index in [9.17, 15) is 22.8 Å². The largest absolute Gasteiger partial charge is 0.494 e. The monoisotopic (exact) mass is 430 g/mol. The molecule has 2 aromatic carbocycles. The Morgan fingerprint density at radius 3 is 2.42 bits per heavy atom. The minimum Gasteiger partial charge on any atom is -0.494 e. The number of aromatic nitrogens is 1. The zero-order valence-corrected chi connectivity index (χ0v) is 16.2. The second-order valence-electron chi connectivity index (χ2n) is 6.52. The summed E-state index contributed by atoms with van der Waals surface area (Å²) in [7, 11) is 1.35. The number of hydrogen-bond donors (Lipinski definition) is 2. The summed E-state index contributed by atoms with van der Waals surface area (Å²) in [5.74, 6) is -4.62. The lowest BCUT2D eigenvalue weighted by Gasteiger charge is -2.18. The van der Waals surface area contributed by atoms with Gasteiger partial charge in [0, 0.05) is 11.1 Å². The van der Waals surface area contributed by atoms with Gasteiger partial charge in [0.1, 0.15) is 23.0 Å². The summed E-state index contributed by atoms with van der Waals surface area (Å²) in [6.45, 7) is 0. The van der Waals surface area contributed by atoms with Crippen molar-refractivity contribution in [1.82, 2.24) is 10.3 Å². The number of benzene rings is 2. The minimum atomic E-state index is -1.24. The first-order chi connectivity index (χ1) is 14.8. The molecule has 6 nitrogen and oxygen atoms in total. The van der Waals surface area contributed by atoms with E-state index in [1.807, 2.05) is 0 Å². The van der Waals surface area contributed by atoms with E-state index < -0.39 is 41.8 Å². The molecule has 31 heavy (non-hydrogen) atoms. The number of carboxylic acids is 1. The summed E-state index contributed by atoms with van der Waals surface area (Å²) in [5.41, 5.74) is 0.108. The third-order valence-electron chi connectivity index (χ3n) is 4.47. The average molecular weight is 430 g/mol. The first kappa shape index (κ1) is 21.8. The molecule has 1 atom stereocenters. The Labute approximate surface area is 175 Å². The van der Waals surface area contributed by atoms with Crippen LogP contribution in [0.3, 0.4) is 0 Å². The third kappa shape index (κ3) is 5.00. The highest BCUT2D eigenvalue weighted by molar-refractivity contribution is 5.93. The summed E-state index contributed by atoms with van der Waals surface area (Å²) in [4.78, 5) is 28.1. The Balaban J connectivity index is 1.95. The van der Waals surface area contributed by atoms with Crippen molar-refractivity contribution in [3.8, 4) is 17.0 Å². The van der Waals surface area contributed by atoms with Crippen molar-refractivity contribution >= 4 is 11.9 Å². The molecule has 1 aromatic heterocycles. The fourth-order valence-corrected chi connectivity index (χ4v) is 2.99. The molecule has 0 aliphatic rings. The number of aliphatic carboxylic acids is 1. The second-order valence-corrected chi connectivity index (χ2v) is 6.52. The third-order valence-corrected chi connectivity index (χ3v) is 4.47. The van der Waals surface area contributed by atoms with Crippen LogP contribution in [0.25, 0.3) is 11.3 Å². The van der Waals surface area contributed by atoms with Crippen LogP contribution in [0.15, 0.2) is 54.6 Å². The molecule has 0 aliphatic heterocycles. The number of ether oxygens (including phenoxy) is 1. The maximum Gasteiger partial charge on any atom is 0.305 e. The van der Waals surface area contributed by atoms with E-state index >= 15 is 0 Å². The molecule has 160 valence electrons. The van der Waals surface area contributed by atoms with Crippen molar-refractivity contribution in [2.45, 2.75) is 12.5 Å². The second kappa shape index (κ2) is 9.29. The maximum absolute atomic E-state index is 14.2. The van der Waals surface area contributed by atoms with Gasteiger partial charge in [-0.05, 0) is 36.4 Å². The molecule has 0 bridgehead atoms. The normalized spacial score (nSPS) is 11.6. The van der Waals surface area contributed by atoms with E-state index in [1.54, 1.807) is 0 Å². The Morgan fingerprint density at radius 2 is 1.77 bits per heavy atom. The minimum absolute atomic E-state index is 0.00703. The number of carboxylic acid groups (broad SMARTS) is 1. The number of hydrogen-bond acceptors (Lipinski definition) is 4. The maximum atomic E-state index is 14.2. The molecule has 3 rings (SSSR count). The van der Waals surface area contributed by atoms with Gasteiger partial charge >= 0.3 is 5.97 Å². The van der Waals surface area contributed by atoms with Crippen LogP contribution in [0.2, 0.25) is 0 Å². The Kier molecular flexibility index (Phi) is 6.54. The van der Waals surface area contributed by atoms with Crippen LogP contribution in [0.5, 0.6) is 5.75 Å². The lowest BCUT2D eigenvalue weighted by molar-refractivity contribution is -0.137. The smallest absolute Gasteiger partial charge is 0.305 e. The summed E-state index contributed by atoms with van der Waals surface area (Å²) in [6.07, 6.45) is -0.557. The van der Waals surface area contributed by atoms with Crippen LogP contribution in [0.4, 0.5) is 13.2 Å². The molecule has 0 radical (unpaired) electrons. The summed E-state index contributed by atoms with van der Waals surface area (Å²) < 4.78 is 46.3. The lowest BCUT2D eigenvalue weighted by Crippen LogP contribution is -2.31. The average Bonchev–Trinajstić information content (AvgIpc) is 2.74. The Hall–Kier alpha value is -3.88. The van der Waals surface area contributed by atoms with Gasteiger partial charge in [-0.2, -0.15) is 0 Å². The molecule has 9 heteroatoms. The topological polar surface area (TPSA) is 88.5 Å². The fourth-order valence-electron chi connectivity index (χ4n) is 2.99. The van der Waals surface area contributed by atoms with Gasteiger partial charge in [-0.1, -0.05) is 18.2 Å². The van der Waals surface area contributed by atoms with E-state index in [-0.39, 0.29) is 28.3 Å². The van der Waals surface area contributed by atoms with E-state index in [0.29, 0.717) is 0 Å². The lowest BCUT2D eigenvalue weighted by atomic mass is 10.0. The Bertz CT molecular complexity index is 1140. The molecule has 0 fully saturated rings. The van der Waals surface area contributed by atoms with Crippen molar-refractivity contribution in [2.24, 2.45) is 0 Å². The number of carbonyl (C=O) groups excluding carboxylic acids is 1. The van der Waals surface area contributed by atoms with Crippen molar-refractivity contribution in [1.29, 1.82) is 0 Å². The quantitative estimate of drug-likeness (QED) is 0.589. The SMILES string of the molecule is COc1ccc(C(=O)NC(CC(=O)O)c2ccccc2F)nc1-c1ccc(F)c(F)c1. The van der Waals surface area contributed by atoms with Gasteiger partial charge < -0.3 is 15.2 Å². The number of methoxy groups -OCH3 is 1. The number of nitrogens with one attached hydrogen (secondary N) is 1.